The molecule has 0 spiro atoms. The van der Waals surface area contributed by atoms with Crippen molar-refractivity contribution in [2.75, 3.05) is 5.32 Å². The summed E-state index contributed by atoms with van der Waals surface area (Å²) in [6, 6.07) is 21.3. The number of Topliss-reactive ketones (excluding diaryl/α,β-unsaturated/α-hetero) is 1. The zero-order valence-corrected chi connectivity index (χ0v) is 17.1. The van der Waals surface area contributed by atoms with Crippen LogP contribution in [-0.4, -0.2) is 16.7 Å². The smallest absolute Gasteiger partial charge is 0.224 e. The number of thiazole rings is 1. The first-order valence-electron chi connectivity index (χ1n) is 9.17. The summed E-state index contributed by atoms with van der Waals surface area (Å²) in [6.07, 6.45) is 0.385. The van der Waals surface area contributed by atoms with Crippen LogP contribution in [0.15, 0.2) is 77.5 Å². The lowest BCUT2D eigenvalue weighted by molar-refractivity contribution is -0.116. The second kappa shape index (κ2) is 8.94. The van der Waals surface area contributed by atoms with Gasteiger partial charge < -0.3 is 5.32 Å². The third-order valence-electron chi connectivity index (χ3n) is 4.36. The lowest BCUT2D eigenvalue weighted by Gasteiger charge is -2.05. The molecule has 6 heteroatoms. The van der Waals surface area contributed by atoms with Crippen molar-refractivity contribution in [2.45, 2.75) is 12.8 Å². The number of hydrogen-bond acceptors (Lipinski definition) is 5. The summed E-state index contributed by atoms with van der Waals surface area (Å²) < 4.78 is 0. The molecule has 0 aliphatic carbocycles. The highest BCUT2D eigenvalue weighted by atomic mass is 32.1. The van der Waals surface area contributed by atoms with E-state index in [1.807, 2.05) is 71.4 Å². The summed E-state index contributed by atoms with van der Waals surface area (Å²) >= 11 is 3.01. The molecule has 1 N–H and O–H groups in total. The van der Waals surface area contributed by atoms with Crippen molar-refractivity contribution in [1.82, 2.24) is 4.98 Å². The molecule has 144 valence electrons. The quantitative estimate of drug-likeness (QED) is 0.367. The molecule has 4 aromatic rings. The summed E-state index contributed by atoms with van der Waals surface area (Å²) in [5.41, 5.74) is 3.72. The minimum Gasteiger partial charge on any atom is -0.326 e. The summed E-state index contributed by atoms with van der Waals surface area (Å²) in [7, 11) is 0. The van der Waals surface area contributed by atoms with E-state index < -0.39 is 0 Å². The molecule has 0 saturated carbocycles. The Kier molecular flexibility index (Phi) is 5.93. The van der Waals surface area contributed by atoms with Crippen LogP contribution in [0.1, 0.15) is 22.5 Å². The normalized spacial score (nSPS) is 10.6. The number of amides is 1. The number of benzene rings is 2. The summed E-state index contributed by atoms with van der Waals surface area (Å²) in [4.78, 5) is 29.5. The van der Waals surface area contributed by atoms with Crippen molar-refractivity contribution in [1.29, 1.82) is 0 Å². The lowest BCUT2D eigenvalue weighted by Crippen LogP contribution is -2.13. The molecule has 0 aliphatic rings. The van der Waals surface area contributed by atoms with Gasteiger partial charge in [0, 0.05) is 35.0 Å². The number of rotatable bonds is 7. The molecule has 0 radical (unpaired) electrons. The van der Waals surface area contributed by atoms with Crippen LogP contribution in [0, 0.1) is 0 Å². The Bertz CT molecular complexity index is 1100. The number of carbonyl (C=O) groups is 2. The molecule has 0 unspecified atom stereocenters. The highest BCUT2D eigenvalue weighted by Crippen LogP contribution is 2.29. The summed E-state index contributed by atoms with van der Waals surface area (Å²) in [5.74, 6) is -0.161. The molecule has 1 amide bonds. The van der Waals surface area contributed by atoms with Gasteiger partial charge in [0.05, 0.1) is 10.6 Å². The Balaban J connectivity index is 1.35. The number of nitrogens with zero attached hydrogens (tertiary/aromatic N) is 1. The lowest BCUT2D eigenvalue weighted by atomic mass is 10.1. The number of anilines is 1. The fourth-order valence-corrected chi connectivity index (χ4v) is 4.38. The van der Waals surface area contributed by atoms with Gasteiger partial charge in [0.25, 0.3) is 0 Å². The van der Waals surface area contributed by atoms with E-state index in [0.717, 1.165) is 21.8 Å². The van der Waals surface area contributed by atoms with Crippen molar-refractivity contribution in [3.8, 4) is 21.8 Å². The van der Waals surface area contributed by atoms with E-state index in [1.165, 1.54) is 11.3 Å². The second-order valence-electron chi connectivity index (χ2n) is 6.43. The summed E-state index contributed by atoms with van der Waals surface area (Å²) in [6.45, 7) is 0. The van der Waals surface area contributed by atoms with E-state index in [4.69, 9.17) is 4.98 Å². The molecule has 2 aromatic heterocycles. The molecule has 0 saturated heterocycles. The molecule has 0 aliphatic heterocycles. The van der Waals surface area contributed by atoms with Crippen molar-refractivity contribution in [3.05, 3.63) is 82.4 Å². The molecule has 29 heavy (non-hydrogen) atoms. The van der Waals surface area contributed by atoms with Gasteiger partial charge in [-0.15, -0.1) is 22.7 Å². The van der Waals surface area contributed by atoms with Gasteiger partial charge in [-0.2, -0.15) is 0 Å². The minimum atomic E-state index is -0.164. The van der Waals surface area contributed by atoms with Crippen molar-refractivity contribution in [3.63, 3.8) is 0 Å². The molecule has 0 bridgehead atoms. The van der Waals surface area contributed by atoms with E-state index in [0.29, 0.717) is 10.6 Å². The monoisotopic (exact) mass is 418 g/mol. The molecular formula is C23H18N2O2S2. The topological polar surface area (TPSA) is 59.1 Å². The standard InChI is InChI=1S/C23H18N2O2S2/c26-20(21-7-4-14-28-21)12-13-22(27)24-18-10-8-16(9-11-18)19-15-29-23(25-19)17-5-2-1-3-6-17/h1-11,14-15H,12-13H2,(H,24,27). The number of ketones is 1. The van der Waals surface area contributed by atoms with Crippen LogP contribution in [0.5, 0.6) is 0 Å². The average Bonchev–Trinajstić information content (AvgIpc) is 3.46. The van der Waals surface area contributed by atoms with Gasteiger partial charge in [0.15, 0.2) is 5.78 Å². The minimum absolute atomic E-state index is 0.00301. The van der Waals surface area contributed by atoms with E-state index >= 15 is 0 Å². The van der Waals surface area contributed by atoms with Gasteiger partial charge in [-0.05, 0) is 23.6 Å². The molecular weight excluding hydrogens is 400 g/mol. The Morgan fingerprint density at radius 1 is 0.828 bits per heavy atom. The molecule has 4 rings (SSSR count). The van der Waals surface area contributed by atoms with Gasteiger partial charge >= 0.3 is 0 Å². The maximum atomic E-state index is 12.1. The SMILES string of the molecule is O=C(CCC(=O)c1cccs1)Nc1ccc(-c2csc(-c3ccccc3)n2)cc1. The van der Waals surface area contributed by atoms with Crippen LogP contribution in [0.25, 0.3) is 21.8 Å². The largest absolute Gasteiger partial charge is 0.326 e. The van der Waals surface area contributed by atoms with E-state index in [1.54, 1.807) is 17.4 Å². The van der Waals surface area contributed by atoms with Crippen LogP contribution in [0.2, 0.25) is 0 Å². The van der Waals surface area contributed by atoms with E-state index in [-0.39, 0.29) is 24.5 Å². The zero-order chi connectivity index (χ0) is 20.1. The second-order valence-corrected chi connectivity index (χ2v) is 8.24. The van der Waals surface area contributed by atoms with Gasteiger partial charge in [-0.25, -0.2) is 4.98 Å². The molecule has 2 aromatic carbocycles. The van der Waals surface area contributed by atoms with Crippen molar-refractivity contribution >= 4 is 40.1 Å². The summed E-state index contributed by atoms with van der Waals surface area (Å²) in [5, 5.41) is 7.72. The van der Waals surface area contributed by atoms with Crippen LogP contribution in [0.4, 0.5) is 5.69 Å². The zero-order valence-electron chi connectivity index (χ0n) is 15.5. The third kappa shape index (κ3) is 4.85. The first kappa shape index (κ1) is 19.2. The molecule has 0 atom stereocenters. The first-order chi connectivity index (χ1) is 14.2. The Morgan fingerprint density at radius 3 is 2.34 bits per heavy atom. The fourth-order valence-electron chi connectivity index (χ4n) is 2.85. The van der Waals surface area contributed by atoms with Crippen LogP contribution < -0.4 is 5.32 Å². The van der Waals surface area contributed by atoms with Gasteiger partial charge in [-0.3, -0.25) is 9.59 Å². The highest BCUT2D eigenvalue weighted by molar-refractivity contribution is 7.13. The number of carbonyl (C=O) groups excluding carboxylic acids is 2. The Morgan fingerprint density at radius 2 is 1.62 bits per heavy atom. The van der Waals surface area contributed by atoms with E-state index in [9.17, 15) is 9.59 Å². The molecule has 2 heterocycles. The first-order valence-corrected chi connectivity index (χ1v) is 10.9. The number of aromatic nitrogens is 1. The maximum Gasteiger partial charge on any atom is 0.224 e. The van der Waals surface area contributed by atoms with Gasteiger partial charge in [-0.1, -0.05) is 48.5 Å². The highest BCUT2D eigenvalue weighted by Gasteiger charge is 2.11. The van der Waals surface area contributed by atoms with Gasteiger partial charge in [0.2, 0.25) is 5.91 Å². The predicted octanol–water partition coefficient (Wildman–Crippen LogP) is 6.14. The van der Waals surface area contributed by atoms with Crippen LogP contribution >= 0.6 is 22.7 Å². The molecule has 0 fully saturated rings. The van der Waals surface area contributed by atoms with Crippen LogP contribution in [-0.2, 0) is 4.79 Å². The van der Waals surface area contributed by atoms with Gasteiger partial charge in [0.1, 0.15) is 5.01 Å². The number of thiophene rings is 1. The fraction of sp³-hybridized carbons (Fsp3) is 0.0870. The van der Waals surface area contributed by atoms with Crippen LogP contribution in [0.3, 0.4) is 0 Å². The van der Waals surface area contributed by atoms with E-state index in [2.05, 4.69) is 5.32 Å². The predicted molar refractivity (Wildman–Crippen MR) is 119 cm³/mol. The number of nitrogens with one attached hydrogen (secondary N) is 1. The molecule has 4 nitrogen and oxygen atoms in total. The van der Waals surface area contributed by atoms with Crippen molar-refractivity contribution in [2.24, 2.45) is 0 Å². The van der Waals surface area contributed by atoms with Crippen molar-refractivity contribution < 1.29 is 9.59 Å². The Hall–Kier alpha value is -3.09. The maximum absolute atomic E-state index is 12.1. The Labute approximate surface area is 176 Å². The average molecular weight is 419 g/mol. The third-order valence-corrected chi connectivity index (χ3v) is 6.17. The number of hydrogen-bond donors (Lipinski definition) is 1.